The fourth-order valence-electron chi connectivity index (χ4n) is 2.43. The highest BCUT2D eigenvalue weighted by molar-refractivity contribution is 6.03. The summed E-state index contributed by atoms with van der Waals surface area (Å²) >= 11 is 0. The Hall–Kier alpha value is -3.42. The maximum atomic E-state index is 12.4. The molecule has 2 heterocycles. The number of hydrogen-bond donors (Lipinski definition) is 0. The summed E-state index contributed by atoms with van der Waals surface area (Å²) in [4.78, 5) is 52.8. The lowest BCUT2D eigenvalue weighted by Crippen LogP contribution is -2.33. The molecule has 8 nitrogen and oxygen atoms in total. The van der Waals surface area contributed by atoms with Crippen LogP contribution in [0.2, 0.25) is 0 Å². The van der Waals surface area contributed by atoms with Crippen LogP contribution in [0.4, 0.5) is 0 Å². The predicted octanol–water partition coefficient (Wildman–Crippen LogP) is 1.19. The van der Waals surface area contributed by atoms with E-state index in [0.717, 1.165) is 5.56 Å². The van der Waals surface area contributed by atoms with Gasteiger partial charge in [0, 0.05) is 26.1 Å². The number of hydrogen-bond acceptors (Lipinski definition) is 6. The van der Waals surface area contributed by atoms with Crippen molar-refractivity contribution in [3.05, 3.63) is 64.1 Å². The highest BCUT2D eigenvalue weighted by Gasteiger charge is 2.34. The first kappa shape index (κ1) is 17.4. The standard InChI is InChI=1S/C18H16N2O6/c1-19-10-9-13(18(24)26-20-14(21)7-8-15(20)22)16(17(19)23)25-11-12-5-3-2-4-6-12/h2-6,9-10H,7-8,11H2,1H3. The van der Waals surface area contributed by atoms with Crippen LogP contribution in [0.5, 0.6) is 5.75 Å². The molecule has 2 amide bonds. The largest absolute Gasteiger partial charge is 0.482 e. The number of pyridine rings is 1. The average Bonchev–Trinajstić information content (AvgIpc) is 2.95. The molecule has 0 saturated carbocycles. The van der Waals surface area contributed by atoms with Gasteiger partial charge in [-0.25, -0.2) is 4.79 Å². The fraction of sp³-hybridized carbons (Fsp3) is 0.222. The maximum absolute atomic E-state index is 12.4. The summed E-state index contributed by atoms with van der Waals surface area (Å²) in [5.41, 5.74) is 0.119. The van der Waals surface area contributed by atoms with Crippen LogP contribution in [-0.2, 0) is 28.1 Å². The Balaban J connectivity index is 1.85. The van der Waals surface area contributed by atoms with E-state index in [-0.39, 0.29) is 30.8 Å². The number of hydroxylamine groups is 2. The molecule has 1 aliphatic heterocycles. The van der Waals surface area contributed by atoms with Gasteiger partial charge in [-0.05, 0) is 11.6 Å². The van der Waals surface area contributed by atoms with E-state index >= 15 is 0 Å². The van der Waals surface area contributed by atoms with Gasteiger partial charge in [0.05, 0.1) is 0 Å². The zero-order chi connectivity index (χ0) is 18.7. The van der Waals surface area contributed by atoms with Gasteiger partial charge in [-0.3, -0.25) is 14.4 Å². The quantitative estimate of drug-likeness (QED) is 0.747. The fourth-order valence-corrected chi connectivity index (χ4v) is 2.43. The highest BCUT2D eigenvalue weighted by Crippen LogP contribution is 2.19. The van der Waals surface area contributed by atoms with E-state index in [1.54, 1.807) is 0 Å². The molecule has 3 rings (SSSR count). The molecule has 0 bridgehead atoms. The van der Waals surface area contributed by atoms with E-state index in [1.807, 2.05) is 30.3 Å². The van der Waals surface area contributed by atoms with Crippen LogP contribution in [0, 0.1) is 0 Å². The van der Waals surface area contributed by atoms with E-state index in [9.17, 15) is 19.2 Å². The van der Waals surface area contributed by atoms with Gasteiger partial charge in [0.25, 0.3) is 17.4 Å². The first-order valence-corrected chi connectivity index (χ1v) is 7.92. The van der Waals surface area contributed by atoms with E-state index in [1.165, 1.54) is 23.9 Å². The molecule has 0 unspecified atom stereocenters. The Bertz CT molecular complexity index is 903. The molecule has 1 aromatic heterocycles. The topological polar surface area (TPSA) is 94.9 Å². The van der Waals surface area contributed by atoms with Gasteiger partial charge < -0.3 is 14.1 Å². The van der Waals surface area contributed by atoms with Crippen LogP contribution in [0.3, 0.4) is 0 Å². The lowest BCUT2D eigenvalue weighted by Gasteiger charge is -2.15. The second kappa shape index (κ2) is 7.22. The molecule has 0 aliphatic carbocycles. The van der Waals surface area contributed by atoms with Crippen LogP contribution in [0.25, 0.3) is 0 Å². The Kier molecular flexibility index (Phi) is 4.83. The van der Waals surface area contributed by atoms with Crippen LogP contribution >= 0.6 is 0 Å². The zero-order valence-electron chi connectivity index (χ0n) is 14.0. The minimum absolute atomic E-state index is 0.0139. The monoisotopic (exact) mass is 356 g/mol. The molecule has 1 aromatic carbocycles. The van der Waals surface area contributed by atoms with Crippen molar-refractivity contribution < 1.29 is 24.0 Å². The summed E-state index contributed by atoms with van der Waals surface area (Å²) in [7, 11) is 1.51. The zero-order valence-corrected chi connectivity index (χ0v) is 14.0. The third-order valence-electron chi connectivity index (χ3n) is 3.85. The summed E-state index contributed by atoms with van der Waals surface area (Å²) in [6, 6.07) is 10.5. The number of rotatable bonds is 5. The number of carbonyl (C=O) groups excluding carboxylic acids is 3. The molecule has 1 aliphatic rings. The summed E-state index contributed by atoms with van der Waals surface area (Å²) < 4.78 is 6.80. The first-order valence-electron chi connectivity index (χ1n) is 7.92. The van der Waals surface area contributed by atoms with E-state index < -0.39 is 23.3 Å². The first-order chi connectivity index (χ1) is 12.5. The number of aromatic nitrogens is 1. The summed E-state index contributed by atoms with van der Waals surface area (Å²) in [5.74, 6) is -2.41. The van der Waals surface area contributed by atoms with Crippen LogP contribution in [0.15, 0.2) is 47.4 Å². The summed E-state index contributed by atoms with van der Waals surface area (Å²) in [6.07, 6.45) is 1.35. The van der Waals surface area contributed by atoms with Crippen molar-refractivity contribution in [1.82, 2.24) is 9.63 Å². The Morgan fingerprint density at radius 1 is 1.04 bits per heavy atom. The van der Waals surface area contributed by atoms with Gasteiger partial charge in [-0.15, -0.1) is 5.06 Å². The van der Waals surface area contributed by atoms with Crippen molar-refractivity contribution in [1.29, 1.82) is 0 Å². The van der Waals surface area contributed by atoms with E-state index in [0.29, 0.717) is 5.06 Å². The lowest BCUT2D eigenvalue weighted by molar-refractivity contribution is -0.172. The molecule has 0 radical (unpaired) electrons. The number of nitrogens with zero attached hydrogens (tertiary/aromatic N) is 2. The third kappa shape index (κ3) is 3.49. The van der Waals surface area contributed by atoms with Crippen LogP contribution in [-0.4, -0.2) is 27.4 Å². The molecule has 2 aromatic rings. The maximum Gasteiger partial charge on any atom is 0.367 e. The number of imide groups is 1. The highest BCUT2D eigenvalue weighted by atomic mass is 16.7. The molecular formula is C18H16N2O6. The molecule has 0 N–H and O–H groups in total. The number of benzene rings is 1. The molecule has 0 atom stereocenters. The lowest BCUT2D eigenvalue weighted by atomic mass is 10.2. The van der Waals surface area contributed by atoms with Gasteiger partial charge in [0.1, 0.15) is 12.2 Å². The summed E-state index contributed by atoms with van der Waals surface area (Å²) in [5, 5.41) is 0.431. The number of ether oxygens (including phenoxy) is 1. The minimum Gasteiger partial charge on any atom is -0.482 e. The van der Waals surface area contributed by atoms with Gasteiger partial charge in [0.15, 0.2) is 5.75 Å². The Labute approximate surface area is 148 Å². The van der Waals surface area contributed by atoms with Crippen molar-refractivity contribution in [3.63, 3.8) is 0 Å². The molecule has 1 fully saturated rings. The Morgan fingerprint density at radius 2 is 1.69 bits per heavy atom. The van der Waals surface area contributed by atoms with Crippen molar-refractivity contribution in [2.24, 2.45) is 7.05 Å². The number of carbonyl (C=O) groups is 3. The second-order valence-electron chi connectivity index (χ2n) is 5.71. The van der Waals surface area contributed by atoms with Crippen LogP contribution < -0.4 is 10.3 Å². The molecule has 0 spiro atoms. The molecular weight excluding hydrogens is 340 g/mol. The molecule has 26 heavy (non-hydrogen) atoms. The third-order valence-corrected chi connectivity index (χ3v) is 3.85. The smallest absolute Gasteiger partial charge is 0.367 e. The van der Waals surface area contributed by atoms with Crippen LogP contribution in [0.1, 0.15) is 28.8 Å². The van der Waals surface area contributed by atoms with Gasteiger partial charge in [-0.1, -0.05) is 30.3 Å². The van der Waals surface area contributed by atoms with E-state index in [2.05, 4.69) is 0 Å². The SMILES string of the molecule is Cn1ccc(C(=O)ON2C(=O)CCC2=O)c(OCc2ccccc2)c1=O. The average molecular weight is 356 g/mol. The van der Waals surface area contributed by atoms with Crippen molar-refractivity contribution in [2.75, 3.05) is 0 Å². The van der Waals surface area contributed by atoms with Crippen molar-refractivity contribution in [2.45, 2.75) is 19.4 Å². The number of amides is 2. The Morgan fingerprint density at radius 3 is 2.35 bits per heavy atom. The molecule has 134 valence electrons. The second-order valence-corrected chi connectivity index (χ2v) is 5.71. The minimum atomic E-state index is -1.01. The van der Waals surface area contributed by atoms with E-state index in [4.69, 9.17) is 9.57 Å². The number of aryl methyl sites for hydroxylation is 1. The van der Waals surface area contributed by atoms with Gasteiger partial charge in [0.2, 0.25) is 0 Å². The van der Waals surface area contributed by atoms with Gasteiger partial charge in [-0.2, -0.15) is 0 Å². The molecule has 8 heteroatoms. The predicted molar refractivity (Wildman–Crippen MR) is 89.0 cm³/mol. The van der Waals surface area contributed by atoms with Crippen molar-refractivity contribution >= 4 is 17.8 Å². The summed E-state index contributed by atoms with van der Waals surface area (Å²) in [6.45, 7) is 0.0714. The van der Waals surface area contributed by atoms with Crippen molar-refractivity contribution in [3.8, 4) is 5.75 Å². The normalized spacial score (nSPS) is 13.8. The molecule has 1 saturated heterocycles. The van der Waals surface area contributed by atoms with Gasteiger partial charge >= 0.3 is 5.97 Å².